The molecule has 2 rings (SSSR count). The fraction of sp³-hybridized carbons (Fsp3) is 0.231. The molecule has 0 saturated heterocycles. The third-order valence-corrected chi connectivity index (χ3v) is 3.35. The molecule has 18 heavy (non-hydrogen) atoms. The van der Waals surface area contributed by atoms with E-state index in [0.717, 1.165) is 9.92 Å². The molecule has 0 aliphatic carbocycles. The topological polar surface area (TPSA) is 35.0 Å². The van der Waals surface area contributed by atoms with Gasteiger partial charge in [0.1, 0.15) is 16.8 Å². The smallest absolute Gasteiger partial charge is 0.156 e. The first-order chi connectivity index (χ1) is 8.67. The Morgan fingerprint density at radius 3 is 2.61 bits per heavy atom. The Labute approximate surface area is 116 Å². The fourth-order valence-corrected chi connectivity index (χ4v) is 2.52. The third kappa shape index (κ3) is 3.70. The Hall–Kier alpha value is -1.10. The van der Waals surface area contributed by atoms with Crippen LogP contribution in [-0.2, 0) is 11.3 Å². The maximum atomic E-state index is 5.96. The highest BCUT2D eigenvalue weighted by Gasteiger charge is 2.05. The van der Waals surface area contributed by atoms with Crippen LogP contribution in [0.2, 0.25) is 5.15 Å². The lowest BCUT2D eigenvalue weighted by Crippen LogP contribution is -1.98. The van der Waals surface area contributed by atoms with Crippen LogP contribution >= 0.6 is 23.4 Å². The largest absolute Gasteiger partial charge is 0.377 e. The zero-order chi connectivity index (χ0) is 13.0. The Morgan fingerprint density at radius 1 is 1.22 bits per heavy atom. The van der Waals surface area contributed by atoms with Crippen molar-refractivity contribution in [3.63, 3.8) is 0 Å². The number of rotatable bonds is 4. The van der Waals surface area contributed by atoms with Gasteiger partial charge in [-0.3, -0.25) is 0 Å². The van der Waals surface area contributed by atoms with Crippen LogP contribution < -0.4 is 0 Å². The number of methoxy groups -OCH3 is 1. The molecule has 0 radical (unpaired) electrons. The normalized spacial score (nSPS) is 10.6. The van der Waals surface area contributed by atoms with E-state index in [1.807, 2.05) is 0 Å². The number of benzene rings is 1. The predicted molar refractivity (Wildman–Crippen MR) is 73.1 cm³/mol. The maximum absolute atomic E-state index is 5.96. The minimum atomic E-state index is 0.363. The first kappa shape index (κ1) is 13.3. The molecule has 0 atom stereocenters. The van der Waals surface area contributed by atoms with Crippen molar-refractivity contribution in [2.75, 3.05) is 7.11 Å². The molecule has 0 unspecified atom stereocenters. The zero-order valence-corrected chi connectivity index (χ0v) is 11.8. The summed E-state index contributed by atoms with van der Waals surface area (Å²) < 4.78 is 5.01. The summed E-state index contributed by atoms with van der Waals surface area (Å²) in [5.74, 6) is 0.597. The van der Waals surface area contributed by atoms with Crippen molar-refractivity contribution >= 4 is 23.4 Å². The average Bonchev–Trinajstić information content (AvgIpc) is 2.32. The quantitative estimate of drug-likeness (QED) is 0.799. The molecule has 94 valence electrons. The first-order valence-corrected chi connectivity index (χ1v) is 6.64. The molecule has 3 nitrogen and oxygen atoms in total. The van der Waals surface area contributed by atoms with Gasteiger partial charge in [-0.2, -0.15) is 0 Å². The number of halogens is 1. The van der Waals surface area contributed by atoms with E-state index in [9.17, 15) is 0 Å². The van der Waals surface area contributed by atoms with E-state index < -0.39 is 0 Å². The molecule has 0 aliphatic heterocycles. The van der Waals surface area contributed by atoms with E-state index in [1.165, 1.54) is 5.56 Å². The van der Waals surface area contributed by atoms with E-state index >= 15 is 0 Å². The van der Waals surface area contributed by atoms with Crippen LogP contribution in [-0.4, -0.2) is 17.1 Å². The second kappa shape index (κ2) is 6.18. The molecule has 0 aliphatic rings. The molecule has 0 spiro atoms. The summed E-state index contributed by atoms with van der Waals surface area (Å²) >= 11 is 7.52. The van der Waals surface area contributed by atoms with Crippen molar-refractivity contribution in [1.82, 2.24) is 9.97 Å². The highest BCUT2D eigenvalue weighted by molar-refractivity contribution is 7.99. The van der Waals surface area contributed by atoms with Crippen molar-refractivity contribution < 1.29 is 4.74 Å². The highest BCUT2D eigenvalue weighted by atomic mass is 35.5. The van der Waals surface area contributed by atoms with Gasteiger partial charge >= 0.3 is 0 Å². The number of hydrogen-bond acceptors (Lipinski definition) is 4. The minimum absolute atomic E-state index is 0.363. The van der Waals surface area contributed by atoms with Crippen LogP contribution in [0.3, 0.4) is 0 Å². The van der Waals surface area contributed by atoms with Gasteiger partial charge in [-0.1, -0.05) is 41.1 Å². The van der Waals surface area contributed by atoms with Crippen LogP contribution in [0.15, 0.2) is 40.3 Å². The summed E-state index contributed by atoms with van der Waals surface area (Å²) in [6.07, 6.45) is 0. The monoisotopic (exact) mass is 280 g/mol. The van der Waals surface area contributed by atoms with Gasteiger partial charge in [0, 0.05) is 18.1 Å². The van der Waals surface area contributed by atoms with Crippen molar-refractivity contribution in [1.29, 1.82) is 0 Å². The third-order valence-electron chi connectivity index (χ3n) is 2.23. The molecule has 2 aromatic rings. The predicted octanol–water partition coefficient (Wildman–Crippen LogP) is 3.74. The molecule has 1 aromatic heterocycles. The number of aromatic nitrogens is 2. The molecule has 0 fully saturated rings. The highest BCUT2D eigenvalue weighted by Crippen LogP contribution is 2.27. The van der Waals surface area contributed by atoms with E-state index in [2.05, 4.69) is 41.2 Å². The lowest BCUT2D eigenvalue weighted by Gasteiger charge is -2.04. The van der Waals surface area contributed by atoms with Gasteiger partial charge in [-0.25, -0.2) is 9.97 Å². The van der Waals surface area contributed by atoms with E-state index in [0.29, 0.717) is 17.6 Å². The molecule has 1 heterocycles. The van der Waals surface area contributed by atoms with Gasteiger partial charge in [-0.05, 0) is 19.1 Å². The molecular weight excluding hydrogens is 268 g/mol. The van der Waals surface area contributed by atoms with E-state index in [-0.39, 0.29) is 0 Å². The Kier molecular flexibility index (Phi) is 4.58. The second-order valence-corrected chi connectivity index (χ2v) is 5.27. The number of aryl methyl sites for hydroxylation is 1. The van der Waals surface area contributed by atoms with Crippen molar-refractivity contribution in [3.8, 4) is 0 Å². The van der Waals surface area contributed by atoms with Gasteiger partial charge in [0.2, 0.25) is 0 Å². The van der Waals surface area contributed by atoms with Crippen molar-refractivity contribution in [2.24, 2.45) is 0 Å². The summed E-state index contributed by atoms with van der Waals surface area (Å²) in [6.45, 7) is 2.43. The van der Waals surface area contributed by atoms with Crippen LogP contribution in [0, 0.1) is 6.92 Å². The Balaban J connectivity index is 2.20. The lowest BCUT2D eigenvalue weighted by atomic mass is 10.2. The molecule has 0 amide bonds. The van der Waals surface area contributed by atoms with Gasteiger partial charge < -0.3 is 4.74 Å². The summed E-state index contributed by atoms with van der Waals surface area (Å²) in [4.78, 5) is 9.60. The lowest BCUT2D eigenvalue weighted by molar-refractivity contribution is 0.177. The van der Waals surface area contributed by atoms with E-state index in [4.69, 9.17) is 16.3 Å². The summed E-state index contributed by atoms with van der Waals surface area (Å²) in [5, 5.41) is 1.26. The van der Waals surface area contributed by atoms with Gasteiger partial charge in [0.15, 0.2) is 5.82 Å². The second-order valence-electron chi connectivity index (χ2n) is 3.79. The SMILES string of the molecule is COCc1nc(Cl)cc(Sc2ccc(C)cc2)n1. The van der Waals surface area contributed by atoms with E-state index in [1.54, 1.807) is 24.9 Å². The van der Waals surface area contributed by atoms with Gasteiger partial charge in [-0.15, -0.1) is 0 Å². The van der Waals surface area contributed by atoms with Crippen LogP contribution in [0.5, 0.6) is 0 Å². The minimum Gasteiger partial charge on any atom is -0.377 e. The van der Waals surface area contributed by atoms with Crippen molar-refractivity contribution in [2.45, 2.75) is 23.5 Å². The number of hydrogen-bond donors (Lipinski definition) is 0. The zero-order valence-electron chi connectivity index (χ0n) is 10.2. The molecule has 5 heteroatoms. The fourth-order valence-electron chi connectivity index (χ4n) is 1.41. The molecule has 0 saturated carbocycles. The van der Waals surface area contributed by atoms with Crippen LogP contribution in [0.25, 0.3) is 0 Å². The summed E-state index contributed by atoms with van der Waals surface area (Å²) in [5.41, 5.74) is 1.24. The standard InChI is InChI=1S/C13H13ClN2OS/c1-9-3-5-10(6-4-9)18-13-7-11(14)15-12(16-13)8-17-2/h3-7H,8H2,1-2H3. The van der Waals surface area contributed by atoms with Gasteiger partial charge in [0.25, 0.3) is 0 Å². The Bertz CT molecular complexity index is 531. The molecule has 1 aromatic carbocycles. The van der Waals surface area contributed by atoms with Crippen molar-refractivity contribution in [3.05, 3.63) is 46.9 Å². The van der Waals surface area contributed by atoms with Crippen LogP contribution in [0.4, 0.5) is 0 Å². The first-order valence-electron chi connectivity index (χ1n) is 5.44. The van der Waals surface area contributed by atoms with Crippen LogP contribution in [0.1, 0.15) is 11.4 Å². The molecule has 0 N–H and O–H groups in total. The average molecular weight is 281 g/mol. The van der Waals surface area contributed by atoms with Gasteiger partial charge in [0.05, 0.1) is 0 Å². The Morgan fingerprint density at radius 2 is 1.94 bits per heavy atom. The summed E-state index contributed by atoms with van der Waals surface area (Å²) in [6, 6.07) is 10.0. The maximum Gasteiger partial charge on any atom is 0.156 e. The molecular formula is C13H13ClN2OS. The number of ether oxygens (including phenoxy) is 1. The molecule has 0 bridgehead atoms. The summed E-state index contributed by atoms with van der Waals surface area (Å²) in [7, 11) is 1.61. The number of nitrogens with zero attached hydrogens (tertiary/aromatic N) is 2.